The minimum atomic E-state index is 0.119. The van der Waals surface area contributed by atoms with Crippen LogP contribution in [0.1, 0.15) is 51.4 Å². The molecule has 0 unspecified atom stereocenters. The molecule has 3 amide bonds. The lowest BCUT2D eigenvalue weighted by Crippen LogP contribution is -2.50. The number of nitrogens with one attached hydrogen (secondary N) is 1. The predicted octanol–water partition coefficient (Wildman–Crippen LogP) is 1.90. The van der Waals surface area contributed by atoms with Crippen LogP contribution in [0.2, 0.25) is 0 Å². The molecule has 0 spiro atoms. The molecule has 0 aromatic carbocycles. The molecule has 0 radical (unpaired) electrons. The summed E-state index contributed by atoms with van der Waals surface area (Å²) in [5, 5.41) is 3.68. The van der Waals surface area contributed by atoms with Crippen molar-refractivity contribution in [2.45, 2.75) is 57.4 Å². The Hall–Kier alpha value is -1.30. The highest BCUT2D eigenvalue weighted by Gasteiger charge is 2.33. The molecule has 0 aromatic heterocycles. The van der Waals surface area contributed by atoms with Gasteiger partial charge in [0.1, 0.15) is 0 Å². The molecule has 6 nitrogen and oxygen atoms in total. The second kappa shape index (κ2) is 8.15. The maximum atomic E-state index is 12.9. The van der Waals surface area contributed by atoms with Crippen LogP contribution in [0.4, 0.5) is 4.79 Å². The Kier molecular flexibility index (Phi) is 5.67. The van der Waals surface area contributed by atoms with Gasteiger partial charge < -0.3 is 20.0 Å². The molecule has 3 saturated heterocycles. The molecular weight excluding hydrogens is 328 g/mol. The summed E-state index contributed by atoms with van der Waals surface area (Å²) >= 11 is 0. The number of hydrogen-bond acceptors (Lipinski definition) is 3. The third kappa shape index (κ3) is 4.33. The molecule has 1 N–H and O–H groups in total. The van der Waals surface area contributed by atoms with Crippen molar-refractivity contribution in [1.29, 1.82) is 0 Å². The van der Waals surface area contributed by atoms with Gasteiger partial charge in [0.05, 0.1) is 0 Å². The number of hydrogen-bond donors (Lipinski definition) is 1. The van der Waals surface area contributed by atoms with E-state index >= 15 is 0 Å². The standard InChI is InChI=1S/C20H34N4O2/c25-19(22-13-7-18(8-14-22)21-15-16-3-4-16)17-5-11-24(12-6-17)20(26)23-9-1-2-10-23/h16-18,21H,1-15H2. The van der Waals surface area contributed by atoms with Crippen LogP contribution in [0.25, 0.3) is 0 Å². The summed E-state index contributed by atoms with van der Waals surface area (Å²) in [4.78, 5) is 31.4. The summed E-state index contributed by atoms with van der Waals surface area (Å²) in [5.41, 5.74) is 0. The minimum Gasteiger partial charge on any atom is -0.342 e. The number of nitrogens with zero attached hydrogens (tertiary/aromatic N) is 3. The summed E-state index contributed by atoms with van der Waals surface area (Å²) in [6.45, 7) is 6.25. The Morgan fingerprint density at radius 3 is 1.92 bits per heavy atom. The van der Waals surface area contributed by atoms with Gasteiger partial charge in [0.15, 0.2) is 0 Å². The average molecular weight is 363 g/mol. The SMILES string of the molecule is O=C(C1CCN(C(=O)N2CCCC2)CC1)N1CCC(NCC2CC2)CC1. The number of rotatable bonds is 4. The van der Waals surface area contributed by atoms with E-state index in [1.54, 1.807) is 0 Å². The van der Waals surface area contributed by atoms with Gasteiger partial charge in [-0.2, -0.15) is 0 Å². The summed E-state index contributed by atoms with van der Waals surface area (Å²) in [6.07, 6.45) is 8.89. The second-order valence-corrected chi connectivity index (χ2v) is 8.69. The highest BCUT2D eigenvalue weighted by Crippen LogP contribution is 2.28. The van der Waals surface area contributed by atoms with Crippen LogP contribution in [0.15, 0.2) is 0 Å². The van der Waals surface area contributed by atoms with Gasteiger partial charge in [0.25, 0.3) is 0 Å². The van der Waals surface area contributed by atoms with Crippen LogP contribution in [0, 0.1) is 11.8 Å². The van der Waals surface area contributed by atoms with E-state index in [-0.39, 0.29) is 11.9 Å². The molecule has 4 fully saturated rings. The Balaban J connectivity index is 1.18. The topological polar surface area (TPSA) is 55.9 Å². The summed E-state index contributed by atoms with van der Waals surface area (Å²) in [6, 6.07) is 0.788. The number of carbonyl (C=O) groups is 2. The van der Waals surface area contributed by atoms with E-state index < -0.39 is 0 Å². The van der Waals surface area contributed by atoms with Crippen LogP contribution in [0.5, 0.6) is 0 Å². The van der Waals surface area contributed by atoms with Gasteiger partial charge in [0, 0.05) is 51.2 Å². The molecule has 146 valence electrons. The smallest absolute Gasteiger partial charge is 0.319 e. The van der Waals surface area contributed by atoms with Crippen molar-refractivity contribution in [2.24, 2.45) is 11.8 Å². The van der Waals surface area contributed by atoms with Crippen LogP contribution < -0.4 is 5.32 Å². The lowest BCUT2D eigenvalue weighted by molar-refractivity contribution is -0.138. The first-order valence-corrected chi connectivity index (χ1v) is 10.8. The van der Waals surface area contributed by atoms with Crippen molar-refractivity contribution in [1.82, 2.24) is 20.0 Å². The second-order valence-electron chi connectivity index (χ2n) is 8.69. The lowest BCUT2D eigenvalue weighted by Gasteiger charge is -2.38. The fourth-order valence-electron chi connectivity index (χ4n) is 4.64. The van der Waals surface area contributed by atoms with Crippen molar-refractivity contribution < 1.29 is 9.59 Å². The molecule has 0 aromatic rings. The highest BCUT2D eigenvalue weighted by molar-refractivity contribution is 5.80. The number of carbonyl (C=O) groups excluding carboxylic acids is 2. The molecule has 1 aliphatic carbocycles. The Morgan fingerprint density at radius 1 is 0.731 bits per heavy atom. The Labute approximate surface area is 157 Å². The van der Waals surface area contributed by atoms with Crippen molar-refractivity contribution >= 4 is 11.9 Å². The Morgan fingerprint density at radius 2 is 1.31 bits per heavy atom. The average Bonchev–Trinajstić information content (AvgIpc) is 3.36. The normalized spacial score (nSPS) is 25.8. The van der Waals surface area contributed by atoms with Crippen molar-refractivity contribution in [3.05, 3.63) is 0 Å². The molecule has 0 bridgehead atoms. The summed E-state index contributed by atoms with van der Waals surface area (Å²) in [7, 11) is 0. The van der Waals surface area contributed by atoms with Gasteiger partial charge in [0.2, 0.25) is 5.91 Å². The maximum Gasteiger partial charge on any atom is 0.319 e. The first kappa shape index (κ1) is 18.1. The van der Waals surface area contributed by atoms with Crippen LogP contribution in [-0.2, 0) is 4.79 Å². The van der Waals surface area contributed by atoms with Crippen molar-refractivity contribution in [3.63, 3.8) is 0 Å². The zero-order valence-corrected chi connectivity index (χ0v) is 16.0. The van der Waals surface area contributed by atoms with Gasteiger partial charge in [-0.05, 0) is 63.8 Å². The monoisotopic (exact) mass is 362 g/mol. The molecule has 26 heavy (non-hydrogen) atoms. The van der Waals surface area contributed by atoms with Crippen molar-refractivity contribution in [2.75, 3.05) is 45.8 Å². The molecule has 6 heteroatoms. The molecule has 3 heterocycles. The quantitative estimate of drug-likeness (QED) is 0.831. The summed E-state index contributed by atoms with van der Waals surface area (Å²) < 4.78 is 0. The Bertz CT molecular complexity index is 500. The van der Waals surface area contributed by atoms with Gasteiger partial charge in [-0.1, -0.05) is 0 Å². The van der Waals surface area contributed by atoms with Crippen LogP contribution in [-0.4, -0.2) is 78.5 Å². The maximum absolute atomic E-state index is 12.9. The van der Waals surface area contributed by atoms with Crippen LogP contribution >= 0.6 is 0 Å². The number of piperidine rings is 2. The molecule has 3 aliphatic heterocycles. The van der Waals surface area contributed by atoms with E-state index in [1.165, 1.54) is 19.4 Å². The number of amides is 3. The number of urea groups is 1. The van der Waals surface area contributed by atoms with E-state index in [1.807, 2.05) is 9.80 Å². The summed E-state index contributed by atoms with van der Waals surface area (Å²) in [5.74, 6) is 1.37. The van der Waals surface area contributed by atoms with E-state index in [0.717, 1.165) is 83.7 Å². The largest absolute Gasteiger partial charge is 0.342 e. The van der Waals surface area contributed by atoms with Crippen molar-refractivity contribution in [3.8, 4) is 0 Å². The lowest BCUT2D eigenvalue weighted by atomic mass is 9.94. The first-order chi connectivity index (χ1) is 12.7. The third-order valence-electron chi connectivity index (χ3n) is 6.69. The fraction of sp³-hybridized carbons (Fsp3) is 0.900. The number of likely N-dealkylation sites (tertiary alicyclic amines) is 3. The predicted molar refractivity (Wildman–Crippen MR) is 101 cm³/mol. The minimum absolute atomic E-state index is 0.119. The highest BCUT2D eigenvalue weighted by atomic mass is 16.2. The molecular formula is C20H34N4O2. The fourth-order valence-corrected chi connectivity index (χ4v) is 4.64. The zero-order valence-electron chi connectivity index (χ0n) is 16.0. The van der Waals surface area contributed by atoms with E-state index in [2.05, 4.69) is 10.2 Å². The third-order valence-corrected chi connectivity index (χ3v) is 6.69. The van der Waals surface area contributed by atoms with Gasteiger partial charge in [-0.25, -0.2) is 4.79 Å². The van der Waals surface area contributed by atoms with E-state index in [4.69, 9.17) is 0 Å². The van der Waals surface area contributed by atoms with Gasteiger partial charge in [-0.15, -0.1) is 0 Å². The molecule has 1 saturated carbocycles. The molecule has 4 aliphatic rings. The molecule has 0 atom stereocenters. The zero-order chi connectivity index (χ0) is 17.9. The van der Waals surface area contributed by atoms with Gasteiger partial charge >= 0.3 is 6.03 Å². The van der Waals surface area contributed by atoms with Gasteiger partial charge in [-0.3, -0.25) is 4.79 Å². The van der Waals surface area contributed by atoms with E-state index in [0.29, 0.717) is 11.9 Å². The first-order valence-electron chi connectivity index (χ1n) is 10.8. The van der Waals surface area contributed by atoms with E-state index in [9.17, 15) is 9.59 Å². The molecule has 4 rings (SSSR count). The van der Waals surface area contributed by atoms with Crippen LogP contribution in [0.3, 0.4) is 0 Å².